The van der Waals surface area contributed by atoms with Gasteiger partial charge in [0.1, 0.15) is 12.2 Å². The Morgan fingerprint density at radius 3 is 2.54 bits per heavy atom. The summed E-state index contributed by atoms with van der Waals surface area (Å²) in [5.41, 5.74) is 4.54. The Balaban J connectivity index is 1.78. The molecule has 0 atom stereocenters. The van der Waals surface area contributed by atoms with Gasteiger partial charge in [0, 0.05) is 22.0 Å². The van der Waals surface area contributed by atoms with Gasteiger partial charge in [-0.05, 0) is 55.2 Å². The topological polar surface area (TPSA) is 56.5 Å². The van der Waals surface area contributed by atoms with Crippen LogP contribution in [0.15, 0.2) is 45.6 Å². The van der Waals surface area contributed by atoms with E-state index >= 15 is 0 Å². The highest BCUT2D eigenvalue weighted by molar-refractivity contribution is 6.32. The van der Waals surface area contributed by atoms with Crippen LogP contribution in [-0.4, -0.2) is 5.97 Å². The molecule has 0 spiro atoms. The van der Waals surface area contributed by atoms with Crippen molar-refractivity contribution in [2.45, 2.75) is 33.8 Å². The minimum atomic E-state index is -0.487. The molecule has 0 unspecified atom stereocenters. The fourth-order valence-corrected chi connectivity index (χ4v) is 2.92. The number of rotatable bonds is 4. The van der Waals surface area contributed by atoms with Crippen molar-refractivity contribution in [3.05, 3.63) is 79.7 Å². The molecule has 134 valence electrons. The van der Waals surface area contributed by atoms with E-state index in [0.717, 1.165) is 16.7 Å². The normalized spacial score (nSPS) is 10.9. The monoisotopic (exact) mass is 370 g/mol. The van der Waals surface area contributed by atoms with Crippen LogP contribution < -0.4 is 5.63 Å². The zero-order chi connectivity index (χ0) is 18.8. The van der Waals surface area contributed by atoms with Crippen LogP contribution in [0.3, 0.4) is 0 Å². The number of carbonyl (C=O) groups excluding carboxylic acids is 1. The van der Waals surface area contributed by atoms with E-state index in [1.54, 1.807) is 12.1 Å². The summed E-state index contributed by atoms with van der Waals surface area (Å²) < 4.78 is 10.6. The van der Waals surface area contributed by atoms with Gasteiger partial charge in [-0.15, -0.1) is 0 Å². The van der Waals surface area contributed by atoms with Gasteiger partial charge in [-0.3, -0.25) is 4.79 Å². The van der Waals surface area contributed by atoms with E-state index in [1.165, 1.54) is 11.6 Å². The molecule has 0 aliphatic rings. The number of hydrogen-bond donors (Lipinski definition) is 0. The van der Waals surface area contributed by atoms with E-state index in [2.05, 4.69) is 0 Å². The molecule has 1 heterocycles. The SMILES string of the molecule is Cc1ccc(CC(=O)OCc2cc(=O)oc3cc(C)c(Cl)cc23)cc1C. The molecule has 0 fully saturated rings. The second-order valence-electron chi connectivity index (χ2n) is 6.44. The van der Waals surface area contributed by atoms with Crippen molar-refractivity contribution < 1.29 is 13.9 Å². The Labute approximate surface area is 156 Å². The quantitative estimate of drug-likeness (QED) is 0.495. The standard InChI is InChI=1S/C21H19ClO4/c1-12-4-5-15(6-13(12)2)8-20(23)25-11-16-9-21(24)26-19-7-14(3)18(22)10-17(16)19/h4-7,9-10H,8,11H2,1-3H3. The molecular weight excluding hydrogens is 352 g/mol. The molecule has 0 aliphatic carbocycles. The van der Waals surface area contributed by atoms with Gasteiger partial charge in [-0.25, -0.2) is 4.79 Å². The molecule has 0 saturated carbocycles. The lowest BCUT2D eigenvalue weighted by molar-refractivity contribution is -0.144. The number of benzene rings is 2. The summed E-state index contributed by atoms with van der Waals surface area (Å²) in [7, 11) is 0. The van der Waals surface area contributed by atoms with Crippen LogP contribution in [0.25, 0.3) is 11.0 Å². The van der Waals surface area contributed by atoms with E-state index in [0.29, 0.717) is 21.6 Å². The molecule has 0 amide bonds. The number of aryl methyl sites for hydroxylation is 3. The molecular formula is C21H19ClO4. The van der Waals surface area contributed by atoms with Crippen molar-refractivity contribution in [3.63, 3.8) is 0 Å². The van der Waals surface area contributed by atoms with Gasteiger partial charge in [0.15, 0.2) is 0 Å². The first-order valence-corrected chi connectivity index (χ1v) is 8.66. The maximum atomic E-state index is 12.2. The van der Waals surface area contributed by atoms with Gasteiger partial charge in [0.2, 0.25) is 0 Å². The molecule has 0 bridgehead atoms. The summed E-state index contributed by atoms with van der Waals surface area (Å²) in [5.74, 6) is -0.354. The zero-order valence-electron chi connectivity index (χ0n) is 14.9. The average molecular weight is 371 g/mol. The molecule has 4 nitrogen and oxygen atoms in total. The van der Waals surface area contributed by atoms with E-state index in [1.807, 2.05) is 39.0 Å². The van der Waals surface area contributed by atoms with Crippen molar-refractivity contribution in [2.75, 3.05) is 0 Å². The predicted octanol–water partition coefficient (Wildman–Crippen LogP) is 4.66. The van der Waals surface area contributed by atoms with Crippen LogP contribution >= 0.6 is 11.6 Å². The summed E-state index contributed by atoms with van der Waals surface area (Å²) in [6.07, 6.45) is 0.181. The van der Waals surface area contributed by atoms with E-state index < -0.39 is 5.63 Å². The molecule has 3 aromatic rings. The summed E-state index contributed by atoms with van der Waals surface area (Å²) in [6.45, 7) is 5.85. The fourth-order valence-electron chi connectivity index (χ4n) is 2.76. The van der Waals surface area contributed by atoms with Gasteiger partial charge in [-0.1, -0.05) is 29.8 Å². The molecule has 3 rings (SSSR count). The second-order valence-corrected chi connectivity index (χ2v) is 6.85. The summed E-state index contributed by atoms with van der Waals surface area (Å²) in [6, 6.07) is 10.6. The van der Waals surface area contributed by atoms with Crippen LogP contribution in [0, 0.1) is 20.8 Å². The van der Waals surface area contributed by atoms with Gasteiger partial charge >= 0.3 is 11.6 Å². The summed E-state index contributed by atoms with van der Waals surface area (Å²) in [5, 5.41) is 1.23. The Bertz CT molecular complexity index is 1050. The number of esters is 1. The van der Waals surface area contributed by atoms with Gasteiger partial charge < -0.3 is 9.15 Å². The highest BCUT2D eigenvalue weighted by Gasteiger charge is 2.12. The summed E-state index contributed by atoms with van der Waals surface area (Å²) in [4.78, 5) is 23.9. The lowest BCUT2D eigenvalue weighted by Crippen LogP contribution is -2.10. The van der Waals surface area contributed by atoms with E-state index in [-0.39, 0.29) is 19.0 Å². The maximum absolute atomic E-state index is 12.2. The van der Waals surface area contributed by atoms with Crippen molar-refractivity contribution >= 4 is 28.5 Å². The van der Waals surface area contributed by atoms with E-state index in [9.17, 15) is 9.59 Å². The van der Waals surface area contributed by atoms with Crippen LogP contribution in [0.5, 0.6) is 0 Å². The van der Waals surface area contributed by atoms with Crippen molar-refractivity contribution in [3.8, 4) is 0 Å². The van der Waals surface area contributed by atoms with Crippen molar-refractivity contribution in [1.82, 2.24) is 0 Å². The third-order valence-corrected chi connectivity index (χ3v) is 4.83. The van der Waals surface area contributed by atoms with E-state index in [4.69, 9.17) is 20.8 Å². The van der Waals surface area contributed by atoms with Crippen LogP contribution in [0.4, 0.5) is 0 Å². The third kappa shape index (κ3) is 3.97. The van der Waals surface area contributed by atoms with Crippen molar-refractivity contribution in [1.29, 1.82) is 0 Å². The second kappa shape index (κ2) is 7.34. The molecule has 1 aromatic heterocycles. The Morgan fingerprint density at radius 1 is 1.04 bits per heavy atom. The first-order valence-electron chi connectivity index (χ1n) is 8.28. The number of ether oxygens (including phenoxy) is 1. The lowest BCUT2D eigenvalue weighted by atomic mass is 10.0. The number of halogens is 1. The smallest absolute Gasteiger partial charge is 0.336 e. The van der Waals surface area contributed by atoms with Gasteiger partial charge in [0.05, 0.1) is 6.42 Å². The highest BCUT2D eigenvalue weighted by Crippen LogP contribution is 2.25. The number of hydrogen-bond acceptors (Lipinski definition) is 4. The molecule has 0 N–H and O–H groups in total. The molecule has 0 aliphatic heterocycles. The maximum Gasteiger partial charge on any atom is 0.336 e. The molecule has 5 heteroatoms. The third-order valence-electron chi connectivity index (χ3n) is 4.42. The first kappa shape index (κ1) is 18.2. The van der Waals surface area contributed by atoms with Gasteiger partial charge in [-0.2, -0.15) is 0 Å². The van der Waals surface area contributed by atoms with Crippen molar-refractivity contribution in [2.24, 2.45) is 0 Å². The minimum absolute atomic E-state index is 0.00876. The summed E-state index contributed by atoms with van der Waals surface area (Å²) >= 11 is 6.17. The van der Waals surface area contributed by atoms with Gasteiger partial charge in [0.25, 0.3) is 0 Å². The van der Waals surface area contributed by atoms with Crippen LogP contribution in [-0.2, 0) is 22.6 Å². The molecule has 2 aromatic carbocycles. The first-order chi connectivity index (χ1) is 12.3. The minimum Gasteiger partial charge on any atom is -0.461 e. The number of carbonyl (C=O) groups is 1. The lowest BCUT2D eigenvalue weighted by Gasteiger charge is -2.09. The number of fused-ring (bicyclic) bond motifs is 1. The molecule has 26 heavy (non-hydrogen) atoms. The highest BCUT2D eigenvalue weighted by atomic mass is 35.5. The largest absolute Gasteiger partial charge is 0.461 e. The zero-order valence-corrected chi connectivity index (χ0v) is 15.6. The molecule has 0 saturated heterocycles. The average Bonchev–Trinajstić information content (AvgIpc) is 2.57. The van der Waals surface area contributed by atoms with Crippen LogP contribution in [0.2, 0.25) is 5.02 Å². The Morgan fingerprint density at radius 2 is 1.81 bits per heavy atom. The Kier molecular flexibility index (Phi) is 5.14. The van der Waals surface area contributed by atoms with Crippen LogP contribution in [0.1, 0.15) is 27.8 Å². The molecule has 0 radical (unpaired) electrons. The fraction of sp³-hybridized carbons (Fsp3) is 0.238. The Hall–Kier alpha value is -2.59. The predicted molar refractivity (Wildman–Crippen MR) is 102 cm³/mol.